The molecule has 0 fully saturated rings. The standard InChI is InChI=1S/C14H9F2NO3/c15-11-5-10(6-12(8-11)17(19)20)14(18)7-9-3-1-2-4-13(9)16/h1-6,8H,7H2. The van der Waals surface area contributed by atoms with Crippen LogP contribution in [-0.4, -0.2) is 10.7 Å². The van der Waals surface area contributed by atoms with Crippen LogP contribution in [0.3, 0.4) is 0 Å². The zero-order valence-corrected chi connectivity index (χ0v) is 10.2. The minimum Gasteiger partial charge on any atom is -0.294 e. The lowest BCUT2D eigenvalue weighted by Gasteiger charge is -2.03. The Kier molecular flexibility index (Phi) is 3.84. The van der Waals surface area contributed by atoms with Gasteiger partial charge in [-0.3, -0.25) is 14.9 Å². The normalized spacial score (nSPS) is 10.3. The number of rotatable bonds is 4. The summed E-state index contributed by atoms with van der Waals surface area (Å²) >= 11 is 0. The first-order valence-electron chi connectivity index (χ1n) is 5.69. The molecule has 0 aromatic heterocycles. The van der Waals surface area contributed by atoms with Crippen molar-refractivity contribution in [3.63, 3.8) is 0 Å². The Balaban J connectivity index is 2.30. The van der Waals surface area contributed by atoms with Crippen molar-refractivity contribution in [2.45, 2.75) is 6.42 Å². The average Bonchev–Trinajstić information content (AvgIpc) is 2.40. The number of nitro benzene ring substituents is 1. The van der Waals surface area contributed by atoms with Crippen LogP contribution in [0.15, 0.2) is 42.5 Å². The Morgan fingerprint density at radius 3 is 2.50 bits per heavy atom. The van der Waals surface area contributed by atoms with Crippen molar-refractivity contribution in [2.24, 2.45) is 0 Å². The molecule has 0 N–H and O–H groups in total. The van der Waals surface area contributed by atoms with Crippen molar-refractivity contribution >= 4 is 11.5 Å². The third-order valence-electron chi connectivity index (χ3n) is 2.72. The van der Waals surface area contributed by atoms with Crippen LogP contribution in [0.1, 0.15) is 15.9 Å². The van der Waals surface area contributed by atoms with E-state index in [1.807, 2.05) is 0 Å². The van der Waals surface area contributed by atoms with Gasteiger partial charge in [-0.15, -0.1) is 0 Å². The van der Waals surface area contributed by atoms with Crippen LogP contribution in [0.4, 0.5) is 14.5 Å². The van der Waals surface area contributed by atoms with E-state index < -0.39 is 28.0 Å². The van der Waals surface area contributed by atoms with Gasteiger partial charge in [0.15, 0.2) is 5.78 Å². The molecular formula is C14H9F2NO3. The van der Waals surface area contributed by atoms with Crippen molar-refractivity contribution in [1.82, 2.24) is 0 Å². The van der Waals surface area contributed by atoms with E-state index in [9.17, 15) is 23.7 Å². The summed E-state index contributed by atoms with van der Waals surface area (Å²) in [6, 6.07) is 8.29. The number of ketones is 1. The number of nitro groups is 1. The summed E-state index contributed by atoms with van der Waals surface area (Å²) < 4.78 is 26.7. The maximum Gasteiger partial charge on any atom is 0.273 e. The van der Waals surface area contributed by atoms with Gasteiger partial charge in [0.25, 0.3) is 5.69 Å². The van der Waals surface area contributed by atoms with Crippen LogP contribution < -0.4 is 0 Å². The van der Waals surface area contributed by atoms with E-state index >= 15 is 0 Å². The molecule has 0 aliphatic rings. The maximum atomic E-state index is 13.4. The van der Waals surface area contributed by atoms with Crippen LogP contribution in [-0.2, 0) is 6.42 Å². The number of carbonyl (C=O) groups is 1. The van der Waals surface area contributed by atoms with Crippen molar-refractivity contribution < 1.29 is 18.5 Å². The second kappa shape index (κ2) is 5.56. The predicted octanol–water partition coefficient (Wildman–Crippen LogP) is 3.30. The molecule has 0 spiro atoms. The average molecular weight is 277 g/mol. The lowest BCUT2D eigenvalue weighted by molar-refractivity contribution is -0.385. The Morgan fingerprint density at radius 1 is 1.15 bits per heavy atom. The minimum atomic E-state index is -0.879. The summed E-state index contributed by atoms with van der Waals surface area (Å²) in [4.78, 5) is 21.8. The van der Waals surface area contributed by atoms with Gasteiger partial charge in [-0.05, 0) is 17.7 Å². The van der Waals surface area contributed by atoms with Crippen LogP contribution in [0.2, 0.25) is 0 Å². The third-order valence-corrected chi connectivity index (χ3v) is 2.72. The van der Waals surface area contributed by atoms with Crippen LogP contribution in [0.5, 0.6) is 0 Å². The fraction of sp³-hybridized carbons (Fsp3) is 0.0714. The van der Waals surface area contributed by atoms with Gasteiger partial charge in [-0.25, -0.2) is 8.78 Å². The monoisotopic (exact) mass is 277 g/mol. The number of carbonyl (C=O) groups excluding carboxylic acids is 1. The molecule has 0 unspecified atom stereocenters. The molecule has 0 bridgehead atoms. The van der Waals surface area contributed by atoms with Gasteiger partial charge in [0.1, 0.15) is 11.6 Å². The Labute approximate surface area is 112 Å². The first kappa shape index (κ1) is 13.8. The van der Waals surface area contributed by atoms with Gasteiger partial charge in [0.05, 0.1) is 11.0 Å². The SMILES string of the molecule is O=C(Cc1ccccc1F)c1cc(F)cc([N+](=O)[O-])c1. The summed E-state index contributed by atoms with van der Waals surface area (Å²) in [5.41, 5.74) is -0.508. The van der Waals surface area contributed by atoms with Gasteiger partial charge in [-0.2, -0.15) is 0 Å². The molecule has 0 heterocycles. The Morgan fingerprint density at radius 2 is 1.85 bits per heavy atom. The molecule has 2 rings (SSSR count). The Bertz CT molecular complexity index is 686. The first-order chi connectivity index (χ1) is 9.47. The number of halogens is 2. The molecule has 20 heavy (non-hydrogen) atoms. The van der Waals surface area contributed by atoms with Gasteiger partial charge in [0.2, 0.25) is 0 Å². The highest BCUT2D eigenvalue weighted by atomic mass is 19.1. The molecule has 0 radical (unpaired) electrons. The molecule has 0 amide bonds. The number of hydrogen-bond acceptors (Lipinski definition) is 3. The Hall–Kier alpha value is -2.63. The first-order valence-corrected chi connectivity index (χ1v) is 5.69. The number of hydrogen-bond donors (Lipinski definition) is 0. The largest absolute Gasteiger partial charge is 0.294 e. The molecule has 0 saturated heterocycles. The molecule has 2 aromatic carbocycles. The number of non-ortho nitro benzene ring substituents is 1. The lowest BCUT2D eigenvalue weighted by atomic mass is 10.0. The molecule has 0 aliphatic carbocycles. The van der Waals surface area contributed by atoms with Gasteiger partial charge in [-0.1, -0.05) is 18.2 Å². The second-order valence-electron chi connectivity index (χ2n) is 4.15. The summed E-state index contributed by atoms with van der Waals surface area (Å²) in [5.74, 6) is -2.01. The molecule has 0 saturated carbocycles. The van der Waals surface area contributed by atoms with E-state index in [4.69, 9.17) is 0 Å². The number of Topliss-reactive ketones (excluding diaryl/α,β-unsaturated/α-hetero) is 1. The third kappa shape index (κ3) is 3.03. The quantitative estimate of drug-likeness (QED) is 0.489. The van der Waals surface area contributed by atoms with Gasteiger partial charge < -0.3 is 0 Å². The van der Waals surface area contributed by atoms with Crippen LogP contribution >= 0.6 is 0 Å². The van der Waals surface area contributed by atoms with E-state index in [1.54, 1.807) is 6.07 Å². The fourth-order valence-corrected chi connectivity index (χ4v) is 1.76. The van der Waals surface area contributed by atoms with Gasteiger partial charge >= 0.3 is 0 Å². The molecule has 0 atom stereocenters. The van der Waals surface area contributed by atoms with E-state index in [0.717, 1.165) is 18.2 Å². The van der Waals surface area contributed by atoms with Gasteiger partial charge in [0, 0.05) is 18.1 Å². The maximum absolute atomic E-state index is 13.4. The van der Waals surface area contributed by atoms with Crippen molar-refractivity contribution in [3.8, 4) is 0 Å². The van der Waals surface area contributed by atoms with E-state index in [1.165, 1.54) is 18.2 Å². The lowest BCUT2D eigenvalue weighted by Crippen LogP contribution is -2.06. The topological polar surface area (TPSA) is 60.2 Å². The molecule has 6 heteroatoms. The molecule has 4 nitrogen and oxygen atoms in total. The molecule has 2 aromatic rings. The molecule has 0 aliphatic heterocycles. The van der Waals surface area contributed by atoms with E-state index in [-0.39, 0.29) is 17.5 Å². The smallest absolute Gasteiger partial charge is 0.273 e. The minimum absolute atomic E-state index is 0.153. The van der Waals surface area contributed by atoms with Crippen molar-refractivity contribution in [3.05, 3.63) is 75.3 Å². The van der Waals surface area contributed by atoms with Crippen molar-refractivity contribution in [1.29, 1.82) is 0 Å². The van der Waals surface area contributed by atoms with Crippen LogP contribution in [0, 0.1) is 21.7 Å². The van der Waals surface area contributed by atoms with Crippen LogP contribution in [0.25, 0.3) is 0 Å². The second-order valence-corrected chi connectivity index (χ2v) is 4.15. The summed E-state index contributed by atoms with van der Waals surface area (Å²) in [7, 11) is 0. The number of nitrogens with zero attached hydrogens (tertiary/aromatic N) is 1. The van der Waals surface area contributed by atoms with E-state index in [2.05, 4.69) is 0 Å². The molecule has 102 valence electrons. The zero-order valence-electron chi connectivity index (χ0n) is 10.2. The van der Waals surface area contributed by atoms with E-state index in [0.29, 0.717) is 0 Å². The van der Waals surface area contributed by atoms with Crippen molar-refractivity contribution in [2.75, 3.05) is 0 Å². The highest BCUT2D eigenvalue weighted by Crippen LogP contribution is 2.18. The molecular weight excluding hydrogens is 268 g/mol. The fourth-order valence-electron chi connectivity index (χ4n) is 1.76. The highest BCUT2D eigenvalue weighted by Gasteiger charge is 2.16. The zero-order chi connectivity index (χ0) is 14.7. The number of benzene rings is 2. The summed E-state index contributed by atoms with van der Waals surface area (Å²) in [6.45, 7) is 0. The summed E-state index contributed by atoms with van der Waals surface area (Å²) in [5, 5.41) is 10.6. The summed E-state index contributed by atoms with van der Waals surface area (Å²) in [6.07, 6.45) is -0.284. The highest BCUT2D eigenvalue weighted by molar-refractivity contribution is 5.98. The predicted molar refractivity (Wildman–Crippen MR) is 67.5 cm³/mol.